The van der Waals surface area contributed by atoms with Crippen LogP contribution in [0.15, 0.2) is 66.7 Å². The fourth-order valence-electron chi connectivity index (χ4n) is 4.13. The number of primary amides is 1. The summed E-state index contributed by atoms with van der Waals surface area (Å²) >= 11 is 0. The first-order valence-electron chi connectivity index (χ1n) is 10.9. The molecule has 7 heteroatoms. The molecule has 1 aliphatic rings. The van der Waals surface area contributed by atoms with E-state index in [4.69, 9.17) is 21.3 Å². The lowest BCUT2D eigenvalue weighted by molar-refractivity contribution is 0.100. The molecular formula is C25H29N5O2. The van der Waals surface area contributed by atoms with Crippen LogP contribution in [0.2, 0.25) is 0 Å². The summed E-state index contributed by atoms with van der Waals surface area (Å²) in [5.74, 6) is 1.20. The zero-order chi connectivity index (χ0) is 22.5. The number of likely N-dealkylation sites (tertiary alicyclic amines) is 1. The van der Waals surface area contributed by atoms with E-state index >= 15 is 0 Å². The number of rotatable bonds is 7. The molecule has 4 N–H and O–H groups in total. The van der Waals surface area contributed by atoms with E-state index in [1.807, 2.05) is 61.5 Å². The first-order valence-corrected chi connectivity index (χ1v) is 10.9. The molecule has 1 unspecified atom stereocenters. The minimum atomic E-state index is -0.574. The van der Waals surface area contributed by atoms with Crippen molar-refractivity contribution < 1.29 is 9.53 Å². The molecule has 1 saturated heterocycles. The van der Waals surface area contributed by atoms with Crippen LogP contribution in [0.4, 0.5) is 5.82 Å². The Bertz CT molecular complexity index is 1090. The number of carbonyl (C=O) groups excluding carboxylic acids is 1. The predicted molar refractivity (Wildman–Crippen MR) is 127 cm³/mol. The third-order valence-electron chi connectivity index (χ3n) is 5.73. The molecule has 1 aromatic heterocycles. The van der Waals surface area contributed by atoms with Crippen LogP contribution >= 0.6 is 0 Å². The Morgan fingerprint density at radius 2 is 1.88 bits per heavy atom. The number of hydrogen-bond donors (Lipinski definition) is 2. The van der Waals surface area contributed by atoms with Gasteiger partial charge in [-0.1, -0.05) is 30.4 Å². The van der Waals surface area contributed by atoms with Crippen LogP contribution in [0, 0.1) is 0 Å². The SMILES string of the molecule is C/C=C/CN1CCCC(n2nc(-c3ccc(Oc4ccccc4)cc3)c(C(N)=O)c2N)C1. The maximum absolute atomic E-state index is 12.3. The molecule has 0 saturated carbocycles. The van der Waals surface area contributed by atoms with E-state index < -0.39 is 5.91 Å². The third-order valence-corrected chi connectivity index (χ3v) is 5.73. The summed E-state index contributed by atoms with van der Waals surface area (Å²) in [7, 11) is 0. The molecule has 2 heterocycles. The summed E-state index contributed by atoms with van der Waals surface area (Å²) in [6, 6.07) is 17.1. The fraction of sp³-hybridized carbons (Fsp3) is 0.280. The van der Waals surface area contributed by atoms with Gasteiger partial charge >= 0.3 is 0 Å². The predicted octanol–water partition coefficient (Wildman–Crippen LogP) is 4.24. The second-order valence-corrected chi connectivity index (χ2v) is 7.98. The van der Waals surface area contributed by atoms with Gasteiger partial charge in [-0.2, -0.15) is 5.10 Å². The highest BCUT2D eigenvalue weighted by Crippen LogP contribution is 2.33. The monoisotopic (exact) mass is 431 g/mol. The van der Waals surface area contributed by atoms with Gasteiger partial charge in [0.25, 0.3) is 5.91 Å². The van der Waals surface area contributed by atoms with Gasteiger partial charge in [-0.3, -0.25) is 9.69 Å². The van der Waals surface area contributed by atoms with Crippen molar-refractivity contribution in [3.05, 3.63) is 72.3 Å². The van der Waals surface area contributed by atoms with Gasteiger partial charge in [-0.05, 0) is 62.7 Å². The van der Waals surface area contributed by atoms with E-state index in [-0.39, 0.29) is 11.6 Å². The molecule has 1 atom stereocenters. The second kappa shape index (κ2) is 9.70. The highest BCUT2D eigenvalue weighted by Gasteiger charge is 2.28. The molecule has 0 bridgehead atoms. The molecule has 7 nitrogen and oxygen atoms in total. The Balaban J connectivity index is 1.61. The fourth-order valence-corrected chi connectivity index (χ4v) is 4.13. The van der Waals surface area contributed by atoms with Crippen LogP contribution in [0.25, 0.3) is 11.3 Å². The average Bonchev–Trinajstić information content (AvgIpc) is 3.16. The quantitative estimate of drug-likeness (QED) is 0.545. The molecule has 2 aromatic carbocycles. The molecule has 32 heavy (non-hydrogen) atoms. The van der Waals surface area contributed by atoms with Gasteiger partial charge in [-0.15, -0.1) is 0 Å². The van der Waals surface area contributed by atoms with Crippen molar-refractivity contribution in [3.63, 3.8) is 0 Å². The number of nitrogens with two attached hydrogens (primary N) is 2. The van der Waals surface area contributed by atoms with E-state index in [1.54, 1.807) is 4.68 Å². The number of carbonyl (C=O) groups is 1. The lowest BCUT2D eigenvalue weighted by Gasteiger charge is -2.32. The first-order chi connectivity index (χ1) is 15.6. The molecule has 0 aliphatic carbocycles. The van der Waals surface area contributed by atoms with Crippen molar-refractivity contribution >= 4 is 11.7 Å². The van der Waals surface area contributed by atoms with E-state index in [0.29, 0.717) is 17.3 Å². The molecular weight excluding hydrogens is 402 g/mol. The van der Waals surface area contributed by atoms with Crippen LogP contribution in [0.1, 0.15) is 36.2 Å². The normalized spacial score (nSPS) is 17.0. The summed E-state index contributed by atoms with van der Waals surface area (Å²) in [6.07, 6.45) is 6.21. The van der Waals surface area contributed by atoms with Crippen molar-refractivity contribution in [2.24, 2.45) is 5.73 Å². The average molecular weight is 432 g/mol. The topological polar surface area (TPSA) is 99.4 Å². The maximum Gasteiger partial charge on any atom is 0.254 e. The van der Waals surface area contributed by atoms with Gasteiger partial charge < -0.3 is 16.2 Å². The number of nitrogens with zero attached hydrogens (tertiary/aromatic N) is 3. The molecule has 1 amide bonds. The number of hydrogen-bond acceptors (Lipinski definition) is 5. The molecule has 4 rings (SSSR count). The second-order valence-electron chi connectivity index (χ2n) is 7.98. The number of amides is 1. The minimum absolute atomic E-state index is 0.0987. The summed E-state index contributed by atoms with van der Waals surface area (Å²) < 4.78 is 7.65. The van der Waals surface area contributed by atoms with Crippen LogP contribution in [0.5, 0.6) is 11.5 Å². The van der Waals surface area contributed by atoms with Crippen molar-refractivity contribution in [2.75, 3.05) is 25.4 Å². The summed E-state index contributed by atoms with van der Waals surface area (Å²) in [5, 5.41) is 4.76. The number of nitrogen functional groups attached to an aromatic ring is 1. The van der Waals surface area contributed by atoms with E-state index in [2.05, 4.69) is 17.1 Å². The molecule has 1 fully saturated rings. The van der Waals surface area contributed by atoms with Gasteiger partial charge in [0.05, 0.1) is 6.04 Å². The highest BCUT2D eigenvalue weighted by atomic mass is 16.5. The minimum Gasteiger partial charge on any atom is -0.457 e. The van der Waals surface area contributed by atoms with Crippen molar-refractivity contribution in [1.82, 2.24) is 14.7 Å². The Labute approximate surface area is 188 Å². The summed E-state index contributed by atoms with van der Waals surface area (Å²) in [5.41, 5.74) is 13.6. The van der Waals surface area contributed by atoms with Crippen LogP contribution in [-0.2, 0) is 0 Å². The number of aromatic nitrogens is 2. The van der Waals surface area contributed by atoms with Gasteiger partial charge in [0.2, 0.25) is 0 Å². The van der Waals surface area contributed by atoms with Crippen LogP contribution in [0.3, 0.4) is 0 Å². The summed E-state index contributed by atoms with van der Waals surface area (Å²) in [6.45, 7) is 4.79. The Hall–Kier alpha value is -3.58. The standard InChI is InChI=1S/C25H29N5O2/c1-2-3-15-29-16-7-8-19(17-29)30-24(26)22(25(27)31)23(28-30)18-11-13-21(14-12-18)32-20-9-5-4-6-10-20/h2-6,9-14,19H,7-8,15-17,26H2,1H3,(H2,27,31)/b3-2+. The third kappa shape index (κ3) is 4.68. The number of allylic oxidation sites excluding steroid dienone is 1. The zero-order valence-electron chi connectivity index (χ0n) is 18.3. The molecule has 166 valence electrons. The number of ether oxygens (including phenoxy) is 1. The van der Waals surface area contributed by atoms with E-state index in [1.165, 1.54) is 0 Å². The smallest absolute Gasteiger partial charge is 0.254 e. The molecule has 0 spiro atoms. The van der Waals surface area contributed by atoms with Crippen molar-refractivity contribution in [1.29, 1.82) is 0 Å². The summed E-state index contributed by atoms with van der Waals surface area (Å²) in [4.78, 5) is 14.6. The number of benzene rings is 2. The van der Waals surface area contributed by atoms with Crippen LogP contribution in [-0.4, -0.2) is 40.2 Å². The van der Waals surface area contributed by atoms with Gasteiger partial charge in [0.1, 0.15) is 28.6 Å². The van der Waals surface area contributed by atoms with Crippen LogP contribution < -0.4 is 16.2 Å². The van der Waals surface area contributed by atoms with Crippen molar-refractivity contribution in [3.8, 4) is 22.8 Å². The molecule has 0 radical (unpaired) electrons. The molecule has 3 aromatic rings. The number of piperidine rings is 1. The van der Waals surface area contributed by atoms with Gasteiger partial charge in [0, 0.05) is 18.7 Å². The number of para-hydroxylation sites is 1. The first kappa shape index (κ1) is 21.6. The van der Waals surface area contributed by atoms with Gasteiger partial charge in [-0.25, -0.2) is 4.68 Å². The highest BCUT2D eigenvalue weighted by molar-refractivity contribution is 6.03. The lowest BCUT2D eigenvalue weighted by Crippen LogP contribution is -2.37. The lowest BCUT2D eigenvalue weighted by atomic mass is 10.1. The Morgan fingerprint density at radius 1 is 1.16 bits per heavy atom. The maximum atomic E-state index is 12.3. The number of anilines is 1. The van der Waals surface area contributed by atoms with Gasteiger partial charge in [0.15, 0.2) is 0 Å². The Kier molecular flexibility index (Phi) is 6.56. The zero-order valence-corrected chi connectivity index (χ0v) is 18.3. The van der Waals surface area contributed by atoms with Crippen molar-refractivity contribution in [2.45, 2.75) is 25.8 Å². The van der Waals surface area contributed by atoms with E-state index in [9.17, 15) is 4.79 Å². The largest absolute Gasteiger partial charge is 0.457 e. The van der Waals surface area contributed by atoms with E-state index in [0.717, 1.165) is 43.8 Å². The molecule has 1 aliphatic heterocycles. The Morgan fingerprint density at radius 3 is 2.56 bits per heavy atom.